The van der Waals surface area contributed by atoms with Crippen molar-refractivity contribution in [1.29, 1.82) is 0 Å². The number of aliphatic carboxylic acids is 1. The van der Waals surface area contributed by atoms with E-state index >= 15 is 0 Å². The Morgan fingerprint density at radius 3 is 1.60 bits per heavy atom. The Balaban J connectivity index is 2.69. The van der Waals surface area contributed by atoms with Crippen molar-refractivity contribution >= 4 is 23.4 Å². The summed E-state index contributed by atoms with van der Waals surface area (Å²) in [5, 5.41) is 9.20. The van der Waals surface area contributed by atoms with Crippen molar-refractivity contribution in [2.45, 2.75) is 0 Å². The van der Waals surface area contributed by atoms with Crippen molar-refractivity contribution in [3.8, 4) is 0 Å². The summed E-state index contributed by atoms with van der Waals surface area (Å²) < 4.78 is -0.545. The van der Waals surface area contributed by atoms with E-state index in [0.29, 0.717) is 11.4 Å². The van der Waals surface area contributed by atoms with Gasteiger partial charge in [0.25, 0.3) is 0 Å². The van der Waals surface area contributed by atoms with Crippen molar-refractivity contribution < 1.29 is 14.7 Å². The molecule has 0 aromatic heterocycles. The van der Waals surface area contributed by atoms with Crippen molar-refractivity contribution in [2.75, 3.05) is 6.54 Å². The first-order chi connectivity index (χ1) is 9.57. The third kappa shape index (κ3) is 2.39. The third-order valence-electron chi connectivity index (χ3n) is 3.14. The van der Waals surface area contributed by atoms with Crippen LogP contribution < -0.4 is 10.2 Å². The van der Waals surface area contributed by atoms with Crippen molar-refractivity contribution in [3.63, 3.8) is 0 Å². The van der Waals surface area contributed by atoms with Crippen LogP contribution >= 0.6 is 0 Å². The van der Waals surface area contributed by atoms with Gasteiger partial charge >= 0.3 is 12.0 Å². The molecule has 2 rings (SSSR count). The number of carbonyl (C=O) groups is 2. The average molecular weight is 271 g/mol. The maximum absolute atomic E-state index is 12.1. The summed E-state index contributed by atoms with van der Waals surface area (Å²) in [6.07, 6.45) is 0. The lowest BCUT2D eigenvalue weighted by molar-refractivity contribution is -0.136. The van der Waals surface area contributed by atoms with Crippen LogP contribution in [-0.2, 0) is 4.79 Å². The second kappa shape index (κ2) is 5.54. The molecular formula is C15H15N2O3+. The molecule has 0 unspecified atom stereocenters. The molecule has 0 bridgehead atoms. The molecule has 0 aliphatic rings. The fourth-order valence-electron chi connectivity index (χ4n) is 2.23. The van der Waals surface area contributed by atoms with E-state index in [2.05, 4.69) is 0 Å². The number of primary amides is 1. The van der Waals surface area contributed by atoms with E-state index in [9.17, 15) is 14.7 Å². The van der Waals surface area contributed by atoms with Crippen molar-refractivity contribution in [1.82, 2.24) is 4.48 Å². The minimum atomic E-state index is -1.10. The van der Waals surface area contributed by atoms with Crippen LogP contribution in [0.3, 0.4) is 0 Å². The Kier molecular flexibility index (Phi) is 3.81. The number of carbonyl (C=O) groups excluding carboxylic acids is 1. The van der Waals surface area contributed by atoms with E-state index in [1.165, 1.54) is 0 Å². The first kappa shape index (κ1) is 13.8. The van der Waals surface area contributed by atoms with Crippen molar-refractivity contribution in [3.05, 3.63) is 60.7 Å². The Hall–Kier alpha value is -2.66. The normalized spacial score (nSPS) is 11.0. The average Bonchev–Trinajstić information content (AvgIpc) is 2.46. The topological polar surface area (TPSA) is 80.4 Å². The predicted molar refractivity (Wildman–Crippen MR) is 76.4 cm³/mol. The number of hydrogen-bond donors (Lipinski definition) is 2. The third-order valence-corrected chi connectivity index (χ3v) is 3.14. The van der Waals surface area contributed by atoms with Gasteiger partial charge in [0.1, 0.15) is 11.4 Å². The van der Waals surface area contributed by atoms with Crippen LogP contribution in [-0.4, -0.2) is 23.7 Å². The lowest BCUT2D eigenvalue weighted by Gasteiger charge is -2.31. The van der Waals surface area contributed by atoms with Crippen LogP contribution in [0.2, 0.25) is 0 Å². The van der Waals surface area contributed by atoms with Crippen LogP contribution in [0.15, 0.2) is 60.7 Å². The predicted octanol–water partition coefficient (Wildman–Crippen LogP) is 2.49. The molecule has 0 aliphatic carbocycles. The maximum atomic E-state index is 12.1. The monoisotopic (exact) mass is 271 g/mol. The van der Waals surface area contributed by atoms with Gasteiger partial charge in [0.2, 0.25) is 0 Å². The Morgan fingerprint density at radius 2 is 1.30 bits per heavy atom. The lowest BCUT2D eigenvalue weighted by atomic mass is 10.1. The number of urea groups is 1. The molecular weight excluding hydrogens is 256 g/mol. The van der Waals surface area contributed by atoms with Crippen LogP contribution in [0, 0.1) is 0 Å². The van der Waals surface area contributed by atoms with Gasteiger partial charge in [-0.05, 0) is 0 Å². The van der Waals surface area contributed by atoms with E-state index in [-0.39, 0.29) is 0 Å². The van der Waals surface area contributed by atoms with E-state index in [4.69, 9.17) is 5.73 Å². The SMILES string of the molecule is NC(=O)[N+](CC(=O)O)(c1ccccc1)c1ccccc1. The van der Waals surface area contributed by atoms with Crippen LogP contribution in [0.5, 0.6) is 0 Å². The second-order valence-electron chi connectivity index (χ2n) is 4.37. The minimum Gasteiger partial charge on any atom is -0.477 e. The number of nitrogens with zero attached hydrogens (tertiary/aromatic N) is 1. The number of quaternary nitrogens is 1. The van der Waals surface area contributed by atoms with Crippen LogP contribution in [0.4, 0.5) is 16.2 Å². The molecule has 0 heterocycles. The molecule has 0 fully saturated rings. The quantitative estimate of drug-likeness (QED) is 0.838. The number of amides is 2. The first-order valence-corrected chi connectivity index (χ1v) is 6.08. The van der Waals surface area contributed by atoms with Gasteiger partial charge in [-0.2, -0.15) is 4.48 Å². The number of nitrogens with two attached hydrogens (primary N) is 1. The molecule has 2 aromatic carbocycles. The highest BCUT2D eigenvalue weighted by Crippen LogP contribution is 2.34. The van der Waals surface area contributed by atoms with Gasteiger partial charge in [0.05, 0.1) is 0 Å². The van der Waals surface area contributed by atoms with E-state index in [1.807, 2.05) is 0 Å². The molecule has 0 saturated heterocycles. The molecule has 20 heavy (non-hydrogen) atoms. The summed E-state index contributed by atoms with van der Waals surface area (Å²) in [6.45, 7) is -0.441. The smallest absolute Gasteiger partial charge is 0.424 e. The van der Waals surface area contributed by atoms with Crippen molar-refractivity contribution in [2.24, 2.45) is 5.73 Å². The zero-order valence-corrected chi connectivity index (χ0v) is 10.8. The summed E-state index contributed by atoms with van der Waals surface area (Å²) in [7, 11) is 0. The summed E-state index contributed by atoms with van der Waals surface area (Å²) in [5.74, 6) is -1.10. The van der Waals surface area contributed by atoms with Gasteiger partial charge in [0, 0.05) is 24.3 Å². The van der Waals surface area contributed by atoms with Gasteiger partial charge in [0.15, 0.2) is 6.54 Å². The molecule has 2 aromatic rings. The zero-order valence-electron chi connectivity index (χ0n) is 10.8. The number of para-hydroxylation sites is 2. The molecule has 0 atom stereocenters. The fourth-order valence-corrected chi connectivity index (χ4v) is 2.23. The number of rotatable bonds is 4. The molecule has 0 aliphatic heterocycles. The zero-order chi connectivity index (χ0) is 14.6. The van der Waals surface area contributed by atoms with Crippen LogP contribution in [0.1, 0.15) is 0 Å². The highest BCUT2D eigenvalue weighted by atomic mass is 16.4. The summed E-state index contributed by atoms with van der Waals surface area (Å²) in [4.78, 5) is 23.3. The highest BCUT2D eigenvalue weighted by molar-refractivity contribution is 5.96. The standard InChI is InChI=1S/C15H14N2O3/c16-15(20)17(11-14(18)19,12-7-3-1-4-8-12)13-9-5-2-6-10-13/h1-10H,11H2,(H2-,16,18,19,20)/p+1. The Morgan fingerprint density at radius 1 is 0.900 bits per heavy atom. The highest BCUT2D eigenvalue weighted by Gasteiger charge is 2.42. The minimum absolute atomic E-state index is 0.441. The first-order valence-electron chi connectivity index (χ1n) is 6.08. The summed E-state index contributed by atoms with van der Waals surface area (Å²) in [6, 6.07) is 16.6. The molecule has 2 amide bonds. The van der Waals surface area contributed by atoms with Gasteiger partial charge < -0.3 is 10.8 Å². The summed E-state index contributed by atoms with van der Waals surface area (Å²) in [5.41, 5.74) is 6.60. The number of carboxylic acid groups (broad SMARTS) is 1. The molecule has 102 valence electrons. The van der Waals surface area contributed by atoms with Gasteiger partial charge in [-0.25, -0.2) is 9.59 Å². The maximum Gasteiger partial charge on any atom is 0.424 e. The number of benzene rings is 2. The van der Waals surface area contributed by atoms with Gasteiger partial charge in [-0.1, -0.05) is 36.4 Å². The van der Waals surface area contributed by atoms with E-state index in [1.54, 1.807) is 60.7 Å². The second-order valence-corrected chi connectivity index (χ2v) is 4.37. The van der Waals surface area contributed by atoms with Gasteiger partial charge in [-0.3, -0.25) is 0 Å². The molecule has 0 radical (unpaired) electrons. The molecule has 0 saturated carbocycles. The molecule has 0 spiro atoms. The number of hydrogen-bond acceptors (Lipinski definition) is 2. The van der Waals surface area contributed by atoms with E-state index < -0.39 is 23.0 Å². The Bertz CT molecular complexity index is 572. The molecule has 3 N–H and O–H groups in total. The largest absolute Gasteiger partial charge is 0.477 e. The molecule has 5 heteroatoms. The fraction of sp³-hybridized carbons (Fsp3) is 0.0667. The summed E-state index contributed by atoms with van der Waals surface area (Å²) >= 11 is 0. The Labute approximate surface area is 116 Å². The van der Waals surface area contributed by atoms with Crippen LogP contribution in [0.25, 0.3) is 0 Å². The van der Waals surface area contributed by atoms with E-state index in [0.717, 1.165) is 0 Å². The molecule has 5 nitrogen and oxygen atoms in total. The van der Waals surface area contributed by atoms with Gasteiger partial charge in [-0.15, -0.1) is 0 Å². The lowest BCUT2D eigenvalue weighted by Crippen LogP contribution is -2.55. The number of carboxylic acids is 1.